The van der Waals surface area contributed by atoms with Gasteiger partial charge in [-0.2, -0.15) is 0 Å². The third kappa shape index (κ3) is 6.28. The molecule has 0 aliphatic carbocycles. The number of rotatable bonds is 6. The van der Waals surface area contributed by atoms with Crippen molar-refractivity contribution in [1.82, 2.24) is 5.32 Å². The zero-order chi connectivity index (χ0) is 8.69. The molecule has 68 valence electrons. The molecule has 0 saturated heterocycles. The highest BCUT2D eigenvalue weighted by molar-refractivity contribution is 4.67. The molecule has 0 aromatic rings. The zero-order valence-corrected chi connectivity index (χ0v) is 7.76. The molecule has 3 N–H and O–H groups in total. The fraction of sp³-hybridized carbons (Fsp3) is 1.00. The van der Waals surface area contributed by atoms with E-state index in [1.165, 1.54) is 0 Å². The largest absolute Gasteiger partial charge is 0.309 e. The Morgan fingerprint density at radius 1 is 1.45 bits per heavy atom. The zero-order valence-electron chi connectivity index (χ0n) is 7.76. The summed E-state index contributed by atoms with van der Waals surface area (Å²) in [6, 6.07) is 0.909. The predicted octanol–water partition coefficient (Wildman–Crippen LogP) is 1.04. The monoisotopic (exact) mass is 160 g/mol. The quantitative estimate of drug-likeness (QED) is 0.571. The van der Waals surface area contributed by atoms with E-state index < -0.39 is 0 Å². The third-order valence-corrected chi connectivity index (χ3v) is 1.50. The smallest absolute Gasteiger partial charge is 0.0832 e. The minimum Gasteiger partial charge on any atom is -0.309 e. The molecule has 3 heteroatoms. The maximum Gasteiger partial charge on any atom is 0.0832 e. The summed E-state index contributed by atoms with van der Waals surface area (Å²) in [7, 11) is 0. The molecular formula is C8H20N2O. The van der Waals surface area contributed by atoms with Crippen molar-refractivity contribution in [2.45, 2.75) is 45.7 Å². The molecule has 0 amide bonds. The van der Waals surface area contributed by atoms with E-state index in [0.717, 1.165) is 12.8 Å². The van der Waals surface area contributed by atoms with Crippen molar-refractivity contribution in [3.63, 3.8) is 0 Å². The van der Waals surface area contributed by atoms with Gasteiger partial charge in [-0.25, -0.2) is 5.90 Å². The molecule has 0 saturated carbocycles. The van der Waals surface area contributed by atoms with E-state index in [9.17, 15) is 0 Å². The molecule has 1 unspecified atom stereocenters. The van der Waals surface area contributed by atoms with E-state index in [2.05, 4.69) is 30.9 Å². The van der Waals surface area contributed by atoms with Crippen LogP contribution in [0.15, 0.2) is 0 Å². The average molecular weight is 160 g/mol. The van der Waals surface area contributed by atoms with Crippen molar-refractivity contribution >= 4 is 0 Å². The average Bonchev–Trinajstić information content (AvgIpc) is 1.87. The number of hydrogen-bond donors (Lipinski definition) is 2. The highest BCUT2D eigenvalue weighted by Gasteiger charge is 2.07. The van der Waals surface area contributed by atoms with E-state index in [-0.39, 0.29) is 0 Å². The standard InChI is InChI=1S/C8H20N2O/c1-4-5-8(6-11-9)10-7(2)3/h7-8,10H,4-6,9H2,1-3H3. The van der Waals surface area contributed by atoms with Gasteiger partial charge in [0, 0.05) is 12.1 Å². The Morgan fingerprint density at radius 3 is 2.45 bits per heavy atom. The van der Waals surface area contributed by atoms with Gasteiger partial charge in [-0.15, -0.1) is 0 Å². The Morgan fingerprint density at radius 2 is 2.09 bits per heavy atom. The molecule has 3 nitrogen and oxygen atoms in total. The summed E-state index contributed by atoms with van der Waals surface area (Å²) < 4.78 is 0. The van der Waals surface area contributed by atoms with E-state index in [4.69, 9.17) is 5.90 Å². The van der Waals surface area contributed by atoms with Crippen molar-refractivity contribution in [2.75, 3.05) is 6.61 Å². The van der Waals surface area contributed by atoms with Gasteiger partial charge < -0.3 is 10.2 Å². The second-order valence-electron chi connectivity index (χ2n) is 3.14. The van der Waals surface area contributed by atoms with Crippen molar-refractivity contribution in [3.8, 4) is 0 Å². The summed E-state index contributed by atoms with van der Waals surface area (Å²) >= 11 is 0. The topological polar surface area (TPSA) is 47.3 Å². The van der Waals surface area contributed by atoms with Crippen LogP contribution in [0.5, 0.6) is 0 Å². The highest BCUT2D eigenvalue weighted by Crippen LogP contribution is 1.97. The molecule has 0 aromatic heterocycles. The molecule has 0 rings (SSSR count). The summed E-state index contributed by atoms with van der Waals surface area (Å²) in [4.78, 5) is 4.59. The Kier molecular flexibility index (Phi) is 6.51. The number of nitrogens with one attached hydrogen (secondary N) is 1. The lowest BCUT2D eigenvalue weighted by Crippen LogP contribution is -2.38. The molecule has 0 spiro atoms. The van der Waals surface area contributed by atoms with Crippen LogP contribution in [0.2, 0.25) is 0 Å². The Balaban J connectivity index is 3.50. The van der Waals surface area contributed by atoms with E-state index in [1.807, 2.05) is 0 Å². The molecule has 0 aliphatic heterocycles. The minimum atomic E-state index is 0.407. The molecular weight excluding hydrogens is 140 g/mol. The predicted molar refractivity (Wildman–Crippen MR) is 47.1 cm³/mol. The van der Waals surface area contributed by atoms with Crippen LogP contribution >= 0.6 is 0 Å². The minimum absolute atomic E-state index is 0.407. The first kappa shape index (κ1) is 10.9. The van der Waals surface area contributed by atoms with Gasteiger partial charge >= 0.3 is 0 Å². The molecule has 1 atom stereocenters. The summed E-state index contributed by atoms with van der Waals surface area (Å²) in [5.41, 5.74) is 0. The maximum atomic E-state index is 5.00. The third-order valence-electron chi connectivity index (χ3n) is 1.50. The molecule has 0 fully saturated rings. The van der Waals surface area contributed by atoms with Gasteiger partial charge in [0.1, 0.15) is 0 Å². The normalized spacial score (nSPS) is 13.9. The first-order valence-corrected chi connectivity index (χ1v) is 4.28. The fourth-order valence-electron chi connectivity index (χ4n) is 1.15. The SMILES string of the molecule is CCCC(CON)NC(C)C. The summed E-state index contributed by atoms with van der Waals surface area (Å²) in [5.74, 6) is 5.00. The van der Waals surface area contributed by atoms with Crippen LogP contribution in [-0.2, 0) is 4.84 Å². The van der Waals surface area contributed by atoms with Gasteiger partial charge in [0.2, 0.25) is 0 Å². The van der Waals surface area contributed by atoms with Gasteiger partial charge in [-0.3, -0.25) is 0 Å². The highest BCUT2D eigenvalue weighted by atomic mass is 16.6. The van der Waals surface area contributed by atoms with Crippen LogP contribution in [0.25, 0.3) is 0 Å². The Bertz CT molecular complexity index is 80.2. The van der Waals surface area contributed by atoms with Crippen LogP contribution in [0, 0.1) is 0 Å². The van der Waals surface area contributed by atoms with Crippen LogP contribution in [0.3, 0.4) is 0 Å². The Labute approximate surface area is 69.3 Å². The van der Waals surface area contributed by atoms with Crippen LogP contribution in [0.1, 0.15) is 33.6 Å². The van der Waals surface area contributed by atoms with Crippen LogP contribution < -0.4 is 11.2 Å². The molecule has 0 bridgehead atoms. The lowest BCUT2D eigenvalue weighted by Gasteiger charge is -2.19. The van der Waals surface area contributed by atoms with E-state index in [0.29, 0.717) is 18.7 Å². The molecule has 0 heterocycles. The van der Waals surface area contributed by atoms with Gasteiger partial charge in [0.25, 0.3) is 0 Å². The first-order chi connectivity index (χ1) is 5.20. The fourth-order valence-corrected chi connectivity index (χ4v) is 1.15. The first-order valence-electron chi connectivity index (χ1n) is 4.28. The van der Waals surface area contributed by atoms with Crippen molar-refractivity contribution in [3.05, 3.63) is 0 Å². The summed E-state index contributed by atoms with van der Waals surface area (Å²) in [6.45, 7) is 7.01. The van der Waals surface area contributed by atoms with Crippen LogP contribution in [0.4, 0.5) is 0 Å². The van der Waals surface area contributed by atoms with Crippen LogP contribution in [-0.4, -0.2) is 18.7 Å². The second kappa shape index (κ2) is 6.58. The molecule has 0 aromatic carbocycles. The van der Waals surface area contributed by atoms with E-state index in [1.54, 1.807) is 0 Å². The Hall–Kier alpha value is -0.120. The summed E-state index contributed by atoms with van der Waals surface area (Å²) in [5, 5.41) is 3.38. The molecule has 0 radical (unpaired) electrons. The lowest BCUT2D eigenvalue weighted by atomic mass is 10.1. The lowest BCUT2D eigenvalue weighted by molar-refractivity contribution is 0.108. The van der Waals surface area contributed by atoms with Gasteiger partial charge in [0.05, 0.1) is 6.61 Å². The number of hydrogen-bond acceptors (Lipinski definition) is 3. The van der Waals surface area contributed by atoms with E-state index >= 15 is 0 Å². The van der Waals surface area contributed by atoms with Crippen molar-refractivity contribution < 1.29 is 4.84 Å². The number of nitrogens with two attached hydrogens (primary N) is 1. The molecule has 0 aliphatic rings. The maximum absolute atomic E-state index is 5.00. The van der Waals surface area contributed by atoms with Gasteiger partial charge in [-0.05, 0) is 6.42 Å². The van der Waals surface area contributed by atoms with Gasteiger partial charge in [-0.1, -0.05) is 27.2 Å². The van der Waals surface area contributed by atoms with Gasteiger partial charge in [0.15, 0.2) is 0 Å². The second-order valence-corrected chi connectivity index (χ2v) is 3.14. The van der Waals surface area contributed by atoms with Crippen molar-refractivity contribution in [1.29, 1.82) is 0 Å². The van der Waals surface area contributed by atoms with Crippen molar-refractivity contribution in [2.24, 2.45) is 5.90 Å². The molecule has 11 heavy (non-hydrogen) atoms. The summed E-state index contributed by atoms with van der Waals surface area (Å²) in [6.07, 6.45) is 2.28.